The summed E-state index contributed by atoms with van der Waals surface area (Å²) < 4.78 is 47.5. The molecule has 0 atom stereocenters. The molecule has 0 saturated carbocycles. The Morgan fingerprint density at radius 3 is 2.64 bits per heavy atom. The van der Waals surface area contributed by atoms with Gasteiger partial charge in [0.2, 0.25) is 0 Å². The highest BCUT2D eigenvalue weighted by Gasteiger charge is 2.33. The van der Waals surface area contributed by atoms with Crippen LogP contribution in [0.15, 0.2) is 45.7 Å². The number of amides is 2. The standard InChI is InChI=1S/C21H20ClFN4O5S/c22-16-11-17-18(33(30,31)26-19-4-2-1-3-9-27(17)19)10-15(16)21(29)25-24-20(28)12-32-14-7-5-13(23)6-8-14/h5-8,10-11H,1-4,9,12H2,(H,24,28)(H,25,29). The van der Waals surface area contributed by atoms with Crippen LogP contribution in [0.5, 0.6) is 5.75 Å². The molecule has 1 saturated heterocycles. The van der Waals surface area contributed by atoms with Crippen molar-refractivity contribution in [3.05, 3.63) is 52.8 Å². The second kappa shape index (κ2) is 9.36. The molecule has 2 aromatic rings. The number of hydrogen-bond donors (Lipinski definition) is 2. The first-order valence-corrected chi connectivity index (χ1v) is 12.0. The Balaban J connectivity index is 1.46. The number of nitrogens with one attached hydrogen (secondary N) is 2. The maximum Gasteiger partial charge on any atom is 0.286 e. The van der Waals surface area contributed by atoms with Gasteiger partial charge in [-0.2, -0.15) is 8.42 Å². The zero-order valence-corrected chi connectivity index (χ0v) is 18.9. The van der Waals surface area contributed by atoms with Gasteiger partial charge in [0.05, 0.1) is 16.3 Å². The maximum absolute atomic E-state index is 12.9. The lowest BCUT2D eigenvalue weighted by molar-refractivity contribution is -0.123. The van der Waals surface area contributed by atoms with Gasteiger partial charge in [0.25, 0.3) is 21.8 Å². The van der Waals surface area contributed by atoms with E-state index in [4.69, 9.17) is 16.3 Å². The van der Waals surface area contributed by atoms with Crippen molar-refractivity contribution in [3.8, 4) is 5.75 Å². The Hall–Kier alpha value is -3.18. The zero-order valence-electron chi connectivity index (χ0n) is 17.3. The minimum atomic E-state index is -4.00. The van der Waals surface area contributed by atoms with Crippen LogP contribution in [0.3, 0.4) is 0 Å². The molecule has 0 radical (unpaired) electrons. The second-order valence-corrected chi connectivity index (χ2v) is 9.47. The molecule has 2 amide bonds. The SMILES string of the molecule is O=C(COc1ccc(F)cc1)NNC(=O)c1cc2c(cc1Cl)N1CCCCCC1=NS2(=O)=O. The Bertz CT molecular complexity index is 1230. The predicted octanol–water partition coefficient (Wildman–Crippen LogP) is 2.80. The average Bonchev–Trinajstić information content (AvgIpc) is 3.01. The van der Waals surface area contributed by atoms with E-state index < -0.39 is 34.3 Å². The molecule has 2 aromatic carbocycles. The zero-order chi connectivity index (χ0) is 23.6. The molecular weight excluding hydrogens is 475 g/mol. The van der Waals surface area contributed by atoms with Crippen molar-refractivity contribution < 1.29 is 27.1 Å². The van der Waals surface area contributed by atoms with Crippen molar-refractivity contribution in [2.75, 3.05) is 18.1 Å². The highest BCUT2D eigenvalue weighted by atomic mass is 35.5. The Kier molecular flexibility index (Phi) is 6.52. The van der Waals surface area contributed by atoms with Crippen LogP contribution in [0.1, 0.15) is 36.0 Å². The van der Waals surface area contributed by atoms with Crippen molar-refractivity contribution in [1.82, 2.24) is 10.9 Å². The molecule has 2 aliphatic rings. The highest BCUT2D eigenvalue weighted by Crippen LogP contribution is 2.37. The third-order valence-corrected chi connectivity index (χ3v) is 6.83. The van der Waals surface area contributed by atoms with Gasteiger partial charge in [-0.25, -0.2) is 4.39 Å². The molecular formula is C21H20ClFN4O5S. The van der Waals surface area contributed by atoms with Gasteiger partial charge in [-0.1, -0.05) is 18.0 Å². The number of carbonyl (C=O) groups excluding carboxylic acids is 2. The van der Waals surface area contributed by atoms with Crippen LogP contribution in [0.25, 0.3) is 0 Å². The molecule has 1 fully saturated rings. The van der Waals surface area contributed by atoms with E-state index in [2.05, 4.69) is 15.2 Å². The normalized spacial score (nSPS) is 16.5. The summed E-state index contributed by atoms with van der Waals surface area (Å²) >= 11 is 6.30. The van der Waals surface area contributed by atoms with Gasteiger partial charge < -0.3 is 9.64 Å². The van der Waals surface area contributed by atoms with E-state index >= 15 is 0 Å². The van der Waals surface area contributed by atoms with Crippen LogP contribution in [-0.4, -0.2) is 39.2 Å². The average molecular weight is 495 g/mol. The van der Waals surface area contributed by atoms with E-state index in [1.807, 2.05) is 4.90 Å². The fourth-order valence-electron chi connectivity index (χ4n) is 3.58. The third-order valence-electron chi connectivity index (χ3n) is 5.18. The van der Waals surface area contributed by atoms with E-state index in [-0.39, 0.29) is 21.2 Å². The van der Waals surface area contributed by atoms with Crippen molar-refractivity contribution in [1.29, 1.82) is 0 Å². The van der Waals surface area contributed by atoms with Crippen molar-refractivity contribution in [3.63, 3.8) is 0 Å². The number of halogens is 2. The predicted molar refractivity (Wildman–Crippen MR) is 119 cm³/mol. The van der Waals surface area contributed by atoms with Gasteiger partial charge in [0.1, 0.15) is 22.3 Å². The number of rotatable bonds is 4. The number of sulfonamides is 1. The van der Waals surface area contributed by atoms with E-state index in [9.17, 15) is 22.4 Å². The Morgan fingerprint density at radius 1 is 1.12 bits per heavy atom. The van der Waals surface area contributed by atoms with E-state index in [1.54, 1.807) is 0 Å². The summed E-state index contributed by atoms with van der Waals surface area (Å²) in [5.74, 6) is -1.19. The van der Waals surface area contributed by atoms with Gasteiger partial charge in [-0.05, 0) is 49.2 Å². The van der Waals surface area contributed by atoms with Crippen LogP contribution in [0, 0.1) is 5.82 Å². The molecule has 2 aliphatic heterocycles. The molecule has 0 bridgehead atoms. The lowest BCUT2D eigenvalue weighted by atomic mass is 10.1. The van der Waals surface area contributed by atoms with E-state index in [0.29, 0.717) is 24.5 Å². The first kappa shape index (κ1) is 23.0. The summed E-state index contributed by atoms with van der Waals surface area (Å²) in [7, 11) is -4.00. The van der Waals surface area contributed by atoms with Crippen molar-refractivity contribution in [2.45, 2.75) is 30.6 Å². The van der Waals surface area contributed by atoms with Crippen LogP contribution in [-0.2, 0) is 14.8 Å². The fourth-order valence-corrected chi connectivity index (χ4v) is 5.09. The smallest absolute Gasteiger partial charge is 0.286 e. The molecule has 0 aromatic heterocycles. The monoisotopic (exact) mass is 494 g/mol. The number of anilines is 1. The van der Waals surface area contributed by atoms with Crippen molar-refractivity contribution in [2.24, 2.45) is 4.40 Å². The lowest BCUT2D eigenvalue weighted by Gasteiger charge is -2.30. The molecule has 0 spiro atoms. The summed E-state index contributed by atoms with van der Waals surface area (Å²) in [5.41, 5.74) is 4.60. The first-order valence-electron chi connectivity index (χ1n) is 10.2. The molecule has 9 nitrogen and oxygen atoms in total. The molecule has 174 valence electrons. The molecule has 2 heterocycles. The number of hydrogen-bond acceptors (Lipinski definition) is 6. The quantitative estimate of drug-likeness (QED) is 0.631. The molecule has 12 heteroatoms. The summed E-state index contributed by atoms with van der Waals surface area (Å²) in [4.78, 5) is 26.2. The number of ether oxygens (including phenoxy) is 1. The molecule has 2 N–H and O–H groups in total. The van der Waals surface area contributed by atoms with Crippen LogP contribution in [0.4, 0.5) is 10.1 Å². The van der Waals surface area contributed by atoms with Crippen LogP contribution in [0.2, 0.25) is 5.02 Å². The number of hydrazine groups is 1. The Morgan fingerprint density at radius 2 is 1.88 bits per heavy atom. The lowest BCUT2D eigenvalue weighted by Crippen LogP contribution is -2.44. The van der Waals surface area contributed by atoms with Gasteiger partial charge in [0.15, 0.2) is 6.61 Å². The number of amidine groups is 1. The largest absolute Gasteiger partial charge is 0.484 e. The van der Waals surface area contributed by atoms with Gasteiger partial charge in [0, 0.05) is 13.0 Å². The molecule has 33 heavy (non-hydrogen) atoms. The highest BCUT2D eigenvalue weighted by molar-refractivity contribution is 7.90. The minimum Gasteiger partial charge on any atom is -0.484 e. The van der Waals surface area contributed by atoms with Crippen LogP contribution < -0.4 is 20.5 Å². The number of benzene rings is 2. The van der Waals surface area contributed by atoms with Gasteiger partial charge >= 0.3 is 0 Å². The fraction of sp³-hybridized carbons (Fsp3) is 0.286. The maximum atomic E-state index is 12.9. The molecule has 0 aliphatic carbocycles. The molecule has 0 unspecified atom stereocenters. The van der Waals surface area contributed by atoms with Gasteiger partial charge in [-0.3, -0.25) is 20.4 Å². The topological polar surface area (TPSA) is 117 Å². The summed E-state index contributed by atoms with van der Waals surface area (Å²) in [6, 6.07) is 7.66. The van der Waals surface area contributed by atoms with Crippen LogP contribution >= 0.6 is 11.6 Å². The molecule has 4 rings (SSSR count). The van der Waals surface area contributed by atoms with Crippen molar-refractivity contribution >= 4 is 45.0 Å². The summed E-state index contributed by atoms with van der Waals surface area (Å²) in [6.45, 7) is 0.165. The number of carbonyl (C=O) groups is 2. The Labute approximate surface area is 194 Å². The third kappa shape index (κ3) is 5.09. The number of fused-ring (bicyclic) bond motifs is 3. The summed E-state index contributed by atoms with van der Waals surface area (Å²) in [5, 5.41) is 0.0313. The minimum absolute atomic E-state index is 0.0313. The van der Waals surface area contributed by atoms with E-state index in [1.165, 1.54) is 30.3 Å². The number of nitrogens with zero attached hydrogens (tertiary/aromatic N) is 2. The van der Waals surface area contributed by atoms with Gasteiger partial charge in [-0.15, -0.1) is 4.40 Å². The second-order valence-electron chi connectivity index (χ2n) is 7.49. The van der Waals surface area contributed by atoms with E-state index in [0.717, 1.165) is 25.3 Å². The first-order chi connectivity index (χ1) is 15.7. The summed E-state index contributed by atoms with van der Waals surface area (Å²) in [6.07, 6.45) is 3.23.